The van der Waals surface area contributed by atoms with Crippen molar-refractivity contribution in [2.75, 3.05) is 23.7 Å². The maximum Gasteiger partial charge on any atom is 0.324 e. The van der Waals surface area contributed by atoms with Crippen molar-refractivity contribution in [3.05, 3.63) is 42.3 Å². The summed E-state index contributed by atoms with van der Waals surface area (Å²) in [7, 11) is 0. The molecule has 140 valence electrons. The van der Waals surface area contributed by atoms with E-state index < -0.39 is 11.8 Å². The fraction of sp³-hybridized carbons (Fsp3) is 0.316. The summed E-state index contributed by atoms with van der Waals surface area (Å²) in [6.07, 6.45) is 3.05. The van der Waals surface area contributed by atoms with Crippen molar-refractivity contribution in [3.8, 4) is 11.8 Å². The number of nitrogens with zero attached hydrogens (tertiary/aromatic N) is 3. The Morgan fingerprint density at radius 2 is 2.00 bits per heavy atom. The maximum atomic E-state index is 13.2. The molecule has 1 aliphatic rings. The third kappa shape index (κ3) is 4.64. The number of aromatic nitrogens is 2. The van der Waals surface area contributed by atoms with Gasteiger partial charge in [-0.15, -0.1) is 0 Å². The van der Waals surface area contributed by atoms with Crippen LogP contribution in [-0.2, 0) is 4.79 Å². The number of hydrogen-bond donors (Lipinski definition) is 2. The van der Waals surface area contributed by atoms with Gasteiger partial charge >= 0.3 is 6.03 Å². The third-order valence-corrected chi connectivity index (χ3v) is 4.32. The van der Waals surface area contributed by atoms with Gasteiger partial charge in [0.25, 0.3) is 5.91 Å². The van der Waals surface area contributed by atoms with Crippen LogP contribution in [-0.4, -0.2) is 39.7 Å². The standard InChI is InChI=1S/C19H20FN5O2/c1-2-4-18(26)24-11-8-16(9-12-24)25-17(7-10-21-25)23-19(27)22-15-6-3-5-14(20)13-15/h3,5-7,10,13,16H,8-9,11-12H2,1H3,(H2,22,23,27). The van der Waals surface area contributed by atoms with Crippen LogP contribution in [0, 0.1) is 17.7 Å². The van der Waals surface area contributed by atoms with Gasteiger partial charge in [-0.1, -0.05) is 12.0 Å². The van der Waals surface area contributed by atoms with E-state index in [9.17, 15) is 14.0 Å². The Hall–Kier alpha value is -3.34. The Kier molecular flexibility index (Phi) is 5.71. The maximum absolute atomic E-state index is 13.2. The van der Waals surface area contributed by atoms with Gasteiger partial charge in [0.15, 0.2) is 0 Å². The Bertz CT molecular complexity index is 891. The molecule has 8 heteroatoms. The van der Waals surface area contributed by atoms with Crippen LogP contribution in [0.5, 0.6) is 0 Å². The lowest BCUT2D eigenvalue weighted by Gasteiger charge is -2.31. The number of piperidine rings is 1. The summed E-state index contributed by atoms with van der Waals surface area (Å²) >= 11 is 0. The molecule has 1 aromatic heterocycles. The summed E-state index contributed by atoms with van der Waals surface area (Å²) in [6, 6.07) is 6.96. The van der Waals surface area contributed by atoms with Crippen molar-refractivity contribution in [2.24, 2.45) is 0 Å². The van der Waals surface area contributed by atoms with Crippen molar-refractivity contribution >= 4 is 23.4 Å². The third-order valence-electron chi connectivity index (χ3n) is 4.32. The minimum atomic E-state index is -0.479. The molecule has 2 heterocycles. The fourth-order valence-corrected chi connectivity index (χ4v) is 3.05. The van der Waals surface area contributed by atoms with Crippen molar-refractivity contribution in [1.82, 2.24) is 14.7 Å². The van der Waals surface area contributed by atoms with Crippen LogP contribution in [0.15, 0.2) is 36.5 Å². The molecule has 2 N–H and O–H groups in total. The predicted molar refractivity (Wildman–Crippen MR) is 99.6 cm³/mol. The van der Waals surface area contributed by atoms with Crippen LogP contribution in [0.3, 0.4) is 0 Å². The average molecular weight is 369 g/mol. The number of carbonyl (C=O) groups excluding carboxylic acids is 2. The summed E-state index contributed by atoms with van der Waals surface area (Å²) in [5, 5.41) is 9.63. The number of anilines is 2. The van der Waals surface area contributed by atoms with Crippen molar-refractivity contribution in [1.29, 1.82) is 0 Å². The summed E-state index contributed by atoms with van der Waals surface area (Å²) in [4.78, 5) is 25.7. The first kappa shape index (κ1) is 18.5. The molecule has 7 nitrogen and oxygen atoms in total. The topological polar surface area (TPSA) is 79.3 Å². The highest BCUT2D eigenvalue weighted by Gasteiger charge is 2.25. The first-order chi connectivity index (χ1) is 13.1. The Morgan fingerprint density at radius 3 is 2.70 bits per heavy atom. The van der Waals surface area contributed by atoms with E-state index in [1.807, 2.05) is 0 Å². The molecule has 1 aromatic carbocycles. The summed E-state index contributed by atoms with van der Waals surface area (Å²) in [5.74, 6) is 5.13. The lowest BCUT2D eigenvalue weighted by molar-refractivity contribution is -0.126. The fourth-order valence-electron chi connectivity index (χ4n) is 3.05. The van der Waals surface area contributed by atoms with Gasteiger partial charge in [0, 0.05) is 24.8 Å². The molecule has 1 saturated heterocycles. The van der Waals surface area contributed by atoms with E-state index in [-0.39, 0.29) is 11.9 Å². The van der Waals surface area contributed by atoms with Gasteiger partial charge in [0.05, 0.1) is 12.2 Å². The zero-order chi connectivity index (χ0) is 19.2. The number of benzene rings is 1. The number of likely N-dealkylation sites (tertiary alicyclic amines) is 1. The highest BCUT2D eigenvalue weighted by molar-refractivity contribution is 5.99. The largest absolute Gasteiger partial charge is 0.332 e. The number of nitrogens with one attached hydrogen (secondary N) is 2. The molecule has 0 aliphatic carbocycles. The van der Waals surface area contributed by atoms with E-state index in [1.165, 1.54) is 18.2 Å². The molecule has 0 spiro atoms. The number of amides is 3. The van der Waals surface area contributed by atoms with Gasteiger partial charge < -0.3 is 10.2 Å². The summed E-state index contributed by atoms with van der Waals surface area (Å²) < 4.78 is 15.0. The second-order valence-corrected chi connectivity index (χ2v) is 6.15. The number of carbonyl (C=O) groups is 2. The minimum Gasteiger partial charge on any atom is -0.332 e. The van der Waals surface area contributed by atoms with Crippen LogP contribution in [0.2, 0.25) is 0 Å². The molecule has 0 atom stereocenters. The lowest BCUT2D eigenvalue weighted by Crippen LogP contribution is -2.38. The lowest BCUT2D eigenvalue weighted by atomic mass is 10.1. The number of urea groups is 1. The van der Waals surface area contributed by atoms with Gasteiger partial charge in [-0.3, -0.25) is 10.1 Å². The molecule has 27 heavy (non-hydrogen) atoms. The van der Waals surface area contributed by atoms with Gasteiger partial charge in [-0.05, 0) is 43.9 Å². The molecule has 0 bridgehead atoms. The van der Waals surface area contributed by atoms with Crippen LogP contribution >= 0.6 is 0 Å². The van der Waals surface area contributed by atoms with Crippen LogP contribution < -0.4 is 10.6 Å². The van der Waals surface area contributed by atoms with E-state index in [0.717, 1.165) is 12.8 Å². The van der Waals surface area contributed by atoms with Crippen molar-refractivity contribution in [2.45, 2.75) is 25.8 Å². The second kappa shape index (κ2) is 8.36. The number of hydrogen-bond acceptors (Lipinski definition) is 3. The molecule has 3 rings (SSSR count). The predicted octanol–water partition coefficient (Wildman–Crippen LogP) is 2.85. The van der Waals surface area contributed by atoms with Crippen molar-refractivity contribution in [3.63, 3.8) is 0 Å². The van der Waals surface area contributed by atoms with E-state index in [0.29, 0.717) is 24.6 Å². The normalized spacial score (nSPS) is 14.2. The molecular formula is C19H20FN5O2. The molecular weight excluding hydrogens is 349 g/mol. The van der Waals surface area contributed by atoms with Gasteiger partial charge in [0.2, 0.25) is 0 Å². The first-order valence-corrected chi connectivity index (χ1v) is 8.65. The van der Waals surface area contributed by atoms with E-state index in [2.05, 4.69) is 27.6 Å². The van der Waals surface area contributed by atoms with E-state index >= 15 is 0 Å². The molecule has 1 fully saturated rings. The summed E-state index contributed by atoms with van der Waals surface area (Å²) in [5.41, 5.74) is 0.363. The quantitative estimate of drug-likeness (QED) is 0.817. The SMILES string of the molecule is CC#CC(=O)N1CCC(n2nccc2NC(=O)Nc2cccc(F)c2)CC1. The Labute approximate surface area is 156 Å². The van der Waals surface area contributed by atoms with Gasteiger partial charge in [-0.25, -0.2) is 13.9 Å². The molecule has 0 saturated carbocycles. The van der Waals surface area contributed by atoms with Crippen LogP contribution in [0.4, 0.5) is 20.7 Å². The molecule has 2 aromatic rings. The van der Waals surface area contributed by atoms with Crippen molar-refractivity contribution < 1.29 is 14.0 Å². The van der Waals surface area contributed by atoms with Crippen LogP contribution in [0.1, 0.15) is 25.8 Å². The van der Waals surface area contributed by atoms with Gasteiger partial charge in [0.1, 0.15) is 11.6 Å². The molecule has 0 unspecified atom stereocenters. The second-order valence-electron chi connectivity index (χ2n) is 6.15. The Morgan fingerprint density at radius 1 is 1.22 bits per heavy atom. The Balaban J connectivity index is 1.60. The molecule has 3 amide bonds. The van der Waals surface area contributed by atoms with E-state index in [1.54, 1.807) is 34.8 Å². The minimum absolute atomic E-state index is 0.0723. The number of halogens is 1. The molecule has 0 radical (unpaired) electrons. The average Bonchev–Trinajstić information content (AvgIpc) is 3.10. The smallest absolute Gasteiger partial charge is 0.324 e. The number of rotatable bonds is 3. The zero-order valence-electron chi connectivity index (χ0n) is 14.9. The highest BCUT2D eigenvalue weighted by Crippen LogP contribution is 2.25. The monoisotopic (exact) mass is 369 g/mol. The molecule has 1 aliphatic heterocycles. The van der Waals surface area contributed by atoms with Crippen LogP contribution in [0.25, 0.3) is 0 Å². The van der Waals surface area contributed by atoms with E-state index in [4.69, 9.17) is 0 Å². The zero-order valence-corrected chi connectivity index (χ0v) is 14.9. The van der Waals surface area contributed by atoms with Gasteiger partial charge in [-0.2, -0.15) is 5.10 Å². The first-order valence-electron chi connectivity index (χ1n) is 8.65. The summed E-state index contributed by atoms with van der Waals surface area (Å²) in [6.45, 7) is 2.82. The highest BCUT2D eigenvalue weighted by atomic mass is 19.1.